The first kappa shape index (κ1) is 32.6. The maximum atomic E-state index is 10.9. The van der Waals surface area contributed by atoms with E-state index in [9.17, 15) is 5.11 Å². The van der Waals surface area contributed by atoms with E-state index in [4.69, 9.17) is 0 Å². The molecule has 2 aromatic carbocycles. The van der Waals surface area contributed by atoms with Gasteiger partial charge in [0.1, 0.15) is 6.10 Å². The van der Waals surface area contributed by atoms with Crippen molar-refractivity contribution in [2.75, 3.05) is 0 Å². The number of unbranched alkanes of at least 4 members (excludes halogenated alkanes) is 18. The first-order valence-corrected chi connectivity index (χ1v) is 16.6. The molecule has 0 aromatic heterocycles. The summed E-state index contributed by atoms with van der Waals surface area (Å²) >= 11 is 0. The van der Waals surface area contributed by atoms with E-state index in [0.29, 0.717) is 0 Å². The predicted molar refractivity (Wildman–Crippen MR) is 168 cm³/mol. The number of aliphatic hydroxyl groups is 1. The Labute approximate surface area is 236 Å². The third-order valence-electron chi connectivity index (χ3n) is 8.23. The molecule has 0 saturated heterocycles. The average Bonchev–Trinajstić information content (AvgIpc) is 2.95. The molecule has 0 spiro atoms. The standard InChI is InChI=1S/C37H60O/c1-3-5-7-9-11-13-15-17-19-21-23-33-25-29-35(30-26-33)37(38)36-31-27-34(28-32-36)24-22-20-18-16-14-12-10-8-6-4-2/h25-32,37-38H,3-24H2,1-2H3. The average molecular weight is 521 g/mol. The number of hydrogen-bond donors (Lipinski definition) is 1. The predicted octanol–water partition coefficient (Wildman–Crippen LogP) is 11.7. The van der Waals surface area contributed by atoms with Gasteiger partial charge in [0.2, 0.25) is 0 Å². The van der Waals surface area contributed by atoms with Crippen LogP contribution in [0.15, 0.2) is 48.5 Å². The van der Waals surface area contributed by atoms with Crippen LogP contribution in [0.4, 0.5) is 0 Å². The minimum absolute atomic E-state index is 0.534. The molecule has 0 heterocycles. The molecule has 0 atom stereocenters. The summed E-state index contributed by atoms with van der Waals surface area (Å²) in [5, 5.41) is 10.9. The molecule has 0 aliphatic heterocycles. The minimum Gasteiger partial charge on any atom is -0.384 e. The van der Waals surface area contributed by atoms with Crippen molar-refractivity contribution in [3.63, 3.8) is 0 Å². The SMILES string of the molecule is CCCCCCCCCCCCc1ccc(C(O)c2ccc(CCCCCCCCCCCC)cc2)cc1. The first-order valence-electron chi connectivity index (χ1n) is 16.6. The van der Waals surface area contributed by atoms with Crippen molar-refractivity contribution in [3.8, 4) is 0 Å². The number of aryl methyl sites for hydroxylation is 2. The van der Waals surface area contributed by atoms with Gasteiger partial charge < -0.3 is 5.11 Å². The van der Waals surface area contributed by atoms with Crippen LogP contribution >= 0.6 is 0 Å². The zero-order valence-electron chi connectivity index (χ0n) is 25.2. The number of rotatable bonds is 24. The summed E-state index contributed by atoms with van der Waals surface area (Å²) in [6.07, 6.45) is 29.4. The van der Waals surface area contributed by atoms with Crippen molar-refractivity contribution in [1.29, 1.82) is 0 Å². The molecule has 0 bridgehead atoms. The highest BCUT2D eigenvalue weighted by atomic mass is 16.3. The van der Waals surface area contributed by atoms with Crippen molar-refractivity contribution >= 4 is 0 Å². The van der Waals surface area contributed by atoms with Crippen LogP contribution in [0.3, 0.4) is 0 Å². The minimum atomic E-state index is -0.534. The third kappa shape index (κ3) is 15.1. The van der Waals surface area contributed by atoms with Crippen LogP contribution in [-0.2, 0) is 12.8 Å². The summed E-state index contributed by atoms with van der Waals surface area (Å²) in [5.74, 6) is 0. The molecular weight excluding hydrogens is 460 g/mol. The largest absolute Gasteiger partial charge is 0.384 e. The first-order chi connectivity index (χ1) is 18.7. The Kier molecular flexibility index (Phi) is 19.1. The topological polar surface area (TPSA) is 20.2 Å². The van der Waals surface area contributed by atoms with Crippen LogP contribution in [0.5, 0.6) is 0 Å². The molecule has 0 aliphatic carbocycles. The lowest BCUT2D eigenvalue weighted by molar-refractivity contribution is 0.220. The molecule has 0 unspecified atom stereocenters. The van der Waals surface area contributed by atoms with Crippen molar-refractivity contribution in [2.24, 2.45) is 0 Å². The second-order valence-electron chi connectivity index (χ2n) is 11.7. The highest BCUT2D eigenvalue weighted by Crippen LogP contribution is 2.24. The highest BCUT2D eigenvalue weighted by molar-refractivity contribution is 5.33. The van der Waals surface area contributed by atoms with E-state index in [1.165, 1.54) is 140 Å². The molecule has 214 valence electrons. The third-order valence-corrected chi connectivity index (χ3v) is 8.23. The molecule has 1 heteroatoms. The van der Waals surface area contributed by atoms with Crippen molar-refractivity contribution in [1.82, 2.24) is 0 Å². The van der Waals surface area contributed by atoms with E-state index in [-0.39, 0.29) is 0 Å². The van der Waals surface area contributed by atoms with Gasteiger partial charge in [-0.25, -0.2) is 0 Å². The molecule has 0 saturated carbocycles. The zero-order valence-corrected chi connectivity index (χ0v) is 25.2. The van der Waals surface area contributed by atoms with Gasteiger partial charge in [0.15, 0.2) is 0 Å². The lowest BCUT2D eigenvalue weighted by atomic mass is 9.97. The molecule has 0 fully saturated rings. The van der Waals surface area contributed by atoms with E-state index in [0.717, 1.165) is 24.0 Å². The Morgan fingerprint density at radius 1 is 0.395 bits per heavy atom. The number of aliphatic hydroxyl groups excluding tert-OH is 1. The van der Waals surface area contributed by atoms with E-state index >= 15 is 0 Å². The molecule has 38 heavy (non-hydrogen) atoms. The van der Waals surface area contributed by atoms with Crippen molar-refractivity contribution in [2.45, 2.75) is 161 Å². The van der Waals surface area contributed by atoms with Crippen molar-refractivity contribution in [3.05, 3.63) is 70.8 Å². The van der Waals surface area contributed by atoms with Crippen molar-refractivity contribution < 1.29 is 5.11 Å². The molecule has 1 N–H and O–H groups in total. The number of hydrogen-bond acceptors (Lipinski definition) is 1. The smallest absolute Gasteiger partial charge is 0.104 e. The van der Waals surface area contributed by atoms with Crippen LogP contribution in [0.2, 0.25) is 0 Å². The summed E-state index contributed by atoms with van der Waals surface area (Å²) in [6.45, 7) is 4.57. The van der Waals surface area contributed by atoms with Gasteiger partial charge in [-0.15, -0.1) is 0 Å². The Bertz CT molecular complexity index is 708. The molecule has 0 radical (unpaired) electrons. The Morgan fingerprint density at radius 2 is 0.658 bits per heavy atom. The summed E-state index contributed by atoms with van der Waals surface area (Å²) < 4.78 is 0. The van der Waals surface area contributed by atoms with Crippen LogP contribution in [0, 0.1) is 0 Å². The van der Waals surface area contributed by atoms with Gasteiger partial charge in [-0.1, -0.05) is 178 Å². The lowest BCUT2D eigenvalue weighted by Gasteiger charge is -2.13. The van der Waals surface area contributed by atoms with Gasteiger partial charge >= 0.3 is 0 Å². The van der Waals surface area contributed by atoms with Crippen LogP contribution < -0.4 is 0 Å². The summed E-state index contributed by atoms with van der Waals surface area (Å²) in [4.78, 5) is 0. The van der Waals surface area contributed by atoms with E-state index < -0.39 is 6.10 Å². The van der Waals surface area contributed by atoms with E-state index in [1.54, 1.807) is 0 Å². The second-order valence-corrected chi connectivity index (χ2v) is 11.7. The monoisotopic (exact) mass is 520 g/mol. The summed E-state index contributed by atoms with van der Waals surface area (Å²) in [7, 11) is 0. The quantitative estimate of drug-likeness (QED) is 0.136. The molecule has 0 aliphatic rings. The Hall–Kier alpha value is -1.60. The zero-order chi connectivity index (χ0) is 27.1. The second kappa shape index (κ2) is 22.2. The van der Waals surface area contributed by atoms with Crippen LogP contribution in [0.1, 0.15) is 171 Å². The maximum absolute atomic E-state index is 10.9. The fourth-order valence-electron chi connectivity index (χ4n) is 5.56. The summed E-state index contributed by atoms with van der Waals surface area (Å²) in [5.41, 5.74) is 4.79. The van der Waals surface area contributed by atoms with Gasteiger partial charge in [-0.2, -0.15) is 0 Å². The molecule has 2 aromatic rings. The number of benzene rings is 2. The highest BCUT2D eigenvalue weighted by Gasteiger charge is 2.10. The maximum Gasteiger partial charge on any atom is 0.104 e. The summed E-state index contributed by atoms with van der Waals surface area (Å²) in [6, 6.07) is 17.3. The normalized spacial score (nSPS) is 11.5. The van der Waals surface area contributed by atoms with Gasteiger partial charge in [0.25, 0.3) is 0 Å². The van der Waals surface area contributed by atoms with Gasteiger partial charge in [-0.3, -0.25) is 0 Å². The molecule has 1 nitrogen and oxygen atoms in total. The van der Waals surface area contributed by atoms with Crippen LogP contribution in [-0.4, -0.2) is 5.11 Å². The van der Waals surface area contributed by atoms with Crippen LogP contribution in [0.25, 0.3) is 0 Å². The Balaban J connectivity index is 1.57. The van der Waals surface area contributed by atoms with Gasteiger partial charge in [0.05, 0.1) is 0 Å². The van der Waals surface area contributed by atoms with Gasteiger partial charge in [0, 0.05) is 0 Å². The fraction of sp³-hybridized carbons (Fsp3) is 0.676. The van der Waals surface area contributed by atoms with Gasteiger partial charge in [-0.05, 0) is 47.9 Å². The van der Waals surface area contributed by atoms with E-state index in [1.807, 2.05) is 0 Å². The fourth-order valence-corrected chi connectivity index (χ4v) is 5.56. The Morgan fingerprint density at radius 3 is 0.947 bits per heavy atom. The lowest BCUT2D eigenvalue weighted by Crippen LogP contribution is -2.00. The molecule has 0 amide bonds. The van der Waals surface area contributed by atoms with E-state index in [2.05, 4.69) is 62.4 Å². The molecular formula is C37H60O. The molecule has 2 rings (SSSR count).